The third-order valence-corrected chi connectivity index (χ3v) is 5.42. The van der Waals surface area contributed by atoms with Gasteiger partial charge in [0, 0.05) is 23.0 Å². The molecule has 0 saturated heterocycles. The Bertz CT molecular complexity index is 869. The molecule has 0 aliphatic heterocycles. The van der Waals surface area contributed by atoms with Crippen LogP contribution in [-0.2, 0) is 11.2 Å². The molecule has 3 rings (SSSR count). The molecule has 0 saturated carbocycles. The van der Waals surface area contributed by atoms with Gasteiger partial charge in [0.1, 0.15) is 0 Å². The first-order valence-corrected chi connectivity index (χ1v) is 9.94. The predicted molar refractivity (Wildman–Crippen MR) is 110 cm³/mol. The van der Waals surface area contributed by atoms with E-state index in [4.69, 9.17) is 0 Å². The standard InChI is InChI=1S/C22H24N2OS/c1-16(2)18-9-7-17(8-10-18)11-13-24-22(25)15-26-21-12-14-23-20-6-4-3-5-19(20)21/h3-10,12,14,16H,11,13,15H2,1-2H3,(H,24,25). The molecule has 26 heavy (non-hydrogen) atoms. The smallest absolute Gasteiger partial charge is 0.230 e. The van der Waals surface area contributed by atoms with Gasteiger partial charge >= 0.3 is 0 Å². The maximum absolute atomic E-state index is 12.1. The van der Waals surface area contributed by atoms with Crippen LogP contribution in [0.3, 0.4) is 0 Å². The number of rotatable bonds is 7. The van der Waals surface area contributed by atoms with Crippen molar-refractivity contribution in [2.75, 3.05) is 12.3 Å². The quantitative estimate of drug-likeness (QED) is 0.612. The van der Waals surface area contributed by atoms with E-state index in [1.165, 1.54) is 11.1 Å². The van der Waals surface area contributed by atoms with Gasteiger partial charge in [-0.25, -0.2) is 0 Å². The highest BCUT2D eigenvalue weighted by Gasteiger charge is 2.06. The molecular weight excluding hydrogens is 340 g/mol. The molecule has 1 N–H and O–H groups in total. The number of hydrogen-bond acceptors (Lipinski definition) is 3. The lowest BCUT2D eigenvalue weighted by Gasteiger charge is -2.09. The van der Waals surface area contributed by atoms with E-state index in [0.717, 1.165) is 22.2 Å². The minimum absolute atomic E-state index is 0.0645. The molecule has 4 heteroatoms. The highest BCUT2D eigenvalue weighted by molar-refractivity contribution is 8.00. The largest absolute Gasteiger partial charge is 0.355 e. The second-order valence-corrected chi connectivity index (χ2v) is 7.63. The summed E-state index contributed by atoms with van der Waals surface area (Å²) in [5.41, 5.74) is 3.56. The van der Waals surface area contributed by atoms with Crippen molar-refractivity contribution in [1.82, 2.24) is 10.3 Å². The third-order valence-electron chi connectivity index (χ3n) is 4.35. The Morgan fingerprint density at radius 3 is 2.62 bits per heavy atom. The zero-order chi connectivity index (χ0) is 18.4. The Labute approximate surface area is 159 Å². The number of fused-ring (bicyclic) bond motifs is 1. The number of nitrogens with one attached hydrogen (secondary N) is 1. The van der Waals surface area contributed by atoms with Crippen LogP contribution in [0.4, 0.5) is 0 Å². The SMILES string of the molecule is CC(C)c1ccc(CCNC(=O)CSc2ccnc3ccccc23)cc1. The van der Waals surface area contributed by atoms with Crippen LogP contribution in [0.1, 0.15) is 30.9 Å². The van der Waals surface area contributed by atoms with E-state index in [0.29, 0.717) is 18.2 Å². The molecule has 0 radical (unpaired) electrons. The topological polar surface area (TPSA) is 42.0 Å². The van der Waals surface area contributed by atoms with Gasteiger partial charge in [0.15, 0.2) is 0 Å². The number of nitrogens with zero attached hydrogens (tertiary/aromatic N) is 1. The molecule has 0 spiro atoms. The molecule has 0 bridgehead atoms. The molecule has 0 aliphatic carbocycles. The number of carbonyl (C=O) groups excluding carboxylic acids is 1. The fourth-order valence-corrected chi connectivity index (χ4v) is 3.68. The average Bonchev–Trinajstić information content (AvgIpc) is 2.66. The summed E-state index contributed by atoms with van der Waals surface area (Å²) in [6.45, 7) is 5.05. The Hall–Kier alpha value is -2.33. The molecule has 2 aromatic carbocycles. The first-order chi connectivity index (χ1) is 12.6. The maximum atomic E-state index is 12.1. The van der Waals surface area contributed by atoms with Gasteiger partial charge in [-0.05, 0) is 35.6 Å². The summed E-state index contributed by atoms with van der Waals surface area (Å²) >= 11 is 1.56. The number of amides is 1. The average molecular weight is 365 g/mol. The van der Waals surface area contributed by atoms with Crippen molar-refractivity contribution >= 4 is 28.6 Å². The van der Waals surface area contributed by atoms with E-state index in [9.17, 15) is 4.79 Å². The molecule has 3 nitrogen and oxygen atoms in total. The summed E-state index contributed by atoms with van der Waals surface area (Å²) in [5.74, 6) is 1.03. The molecule has 134 valence electrons. The number of pyridine rings is 1. The Balaban J connectivity index is 1.47. The molecule has 0 unspecified atom stereocenters. The fraction of sp³-hybridized carbons (Fsp3) is 0.273. The van der Waals surface area contributed by atoms with Crippen molar-refractivity contribution in [3.63, 3.8) is 0 Å². The highest BCUT2D eigenvalue weighted by atomic mass is 32.2. The van der Waals surface area contributed by atoms with Crippen LogP contribution in [0.5, 0.6) is 0 Å². The van der Waals surface area contributed by atoms with Crippen LogP contribution in [-0.4, -0.2) is 23.2 Å². The van der Waals surface area contributed by atoms with Crippen molar-refractivity contribution in [2.45, 2.75) is 31.1 Å². The molecule has 0 aliphatic rings. The molecule has 3 aromatic rings. The fourth-order valence-electron chi connectivity index (χ4n) is 2.81. The lowest BCUT2D eigenvalue weighted by molar-refractivity contribution is -0.118. The van der Waals surface area contributed by atoms with Crippen LogP contribution >= 0.6 is 11.8 Å². The second kappa shape index (κ2) is 8.86. The van der Waals surface area contributed by atoms with E-state index < -0.39 is 0 Å². The molecule has 0 fully saturated rings. The Morgan fingerprint density at radius 2 is 1.85 bits per heavy atom. The van der Waals surface area contributed by atoms with Crippen molar-refractivity contribution in [1.29, 1.82) is 0 Å². The van der Waals surface area contributed by atoms with Crippen LogP contribution < -0.4 is 5.32 Å². The minimum Gasteiger partial charge on any atom is -0.355 e. The van der Waals surface area contributed by atoms with Gasteiger partial charge in [0.2, 0.25) is 5.91 Å². The molecule has 1 aromatic heterocycles. The van der Waals surface area contributed by atoms with Gasteiger partial charge in [0.25, 0.3) is 0 Å². The normalized spacial score (nSPS) is 11.0. The highest BCUT2D eigenvalue weighted by Crippen LogP contribution is 2.26. The predicted octanol–water partition coefficient (Wildman–Crippen LogP) is 4.81. The summed E-state index contributed by atoms with van der Waals surface area (Å²) in [6, 6.07) is 18.6. The van der Waals surface area contributed by atoms with E-state index in [1.54, 1.807) is 18.0 Å². The molecule has 1 amide bonds. The van der Waals surface area contributed by atoms with E-state index in [-0.39, 0.29) is 5.91 Å². The maximum Gasteiger partial charge on any atom is 0.230 e. The number of hydrogen-bond donors (Lipinski definition) is 1. The second-order valence-electron chi connectivity index (χ2n) is 6.61. The summed E-state index contributed by atoms with van der Waals surface area (Å²) < 4.78 is 0. The van der Waals surface area contributed by atoms with Crippen molar-refractivity contribution in [3.05, 3.63) is 71.9 Å². The zero-order valence-electron chi connectivity index (χ0n) is 15.2. The van der Waals surface area contributed by atoms with Gasteiger partial charge in [0.05, 0.1) is 11.3 Å². The van der Waals surface area contributed by atoms with Gasteiger partial charge < -0.3 is 5.32 Å². The molecular formula is C22H24N2OS. The van der Waals surface area contributed by atoms with Crippen molar-refractivity contribution < 1.29 is 4.79 Å². The van der Waals surface area contributed by atoms with E-state index in [1.807, 2.05) is 30.3 Å². The van der Waals surface area contributed by atoms with Crippen LogP contribution in [0, 0.1) is 0 Å². The summed E-state index contributed by atoms with van der Waals surface area (Å²) in [6.07, 6.45) is 2.65. The number of benzene rings is 2. The summed E-state index contributed by atoms with van der Waals surface area (Å²) in [7, 11) is 0. The van der Waals surface area contributed by atoms with Gasteiger partial charge in [-0.3, -0.25) is 9.78 Å². The molecule has 1 heterocycles. The number of carbonyl (C=O) groups is 1. The van der Waals surface area contributed by atoms with E-state index >= 15 is 0 Å². The zero-order valence-corrected chi connectivity index (χ0v) is 16.1. The van der Waals surface area contributed by atoms with Gasteiger partial charge in [-0.1, -0.05) is 56.3 Å². The lowest BCUT2D eigenvalue weighted by atomic mass is 10.0. The Morgan fingerprint density at radius 1 is 1.08 bits per heavy atom. The van der Waals surface area contributed by atoms with Crippen LogP contribution in [0.25, 0.3) is 10.9 Å². The first kappa shape index (κ1) is 18.5. The summed E-state index contributed by atoms with van der Waals surface area (Å²) in [5, 5.41) is 4.11. The lowest BCUT2D eigenvalue weighted by Crippen LogP contribution is -2.27. The van der Waals surface area contributed by atoms with Crippen LogP contribution in [0.2, 0.25) is 0 Å². The third kappa shape index (κ3) is 4.85. The number of para-hydroxylation sites is 1. The van der Waals surface area contributed by atoms with Crippen LogP contribution in [0.15, 0.2) is 65.7 Å². The number of thioether (sulfide) groups is 1. The molecule has 0 atom stereocenters. The Kier molecular flexibility index (Phi) is 6.29. The van der Waals surface area contributed by atoms with Crippen molar-refractivity contribution in [2.24, 2.45) is 0 Å². The van der Waals surface area contributed by atoms with Gasteiger partial charge in [-0.15, -0.1) is 11.8 Å². The van der Waals surface area contributed by atoms with Gasteiger partial charge in [-0.2, -0.15) is 0 Å². The minimum atomic E-state index is 0.0645. The first-order valence-electron chi connectivity index (χ1n) is 8.95. The monoisotopic (exact) mass is 364 g/mol. The van der Waals surface area contributed by atoms with E-state index in [2.05, 4.69) is 48.4 Å². The number of aromatic nitrogens is 1. The summed E-state index contributed by atoms with van der Waals surface area (Å²) in [4.78, 5) is 17.6. The van der Waals surface area contributed by atoms with Crippen molar-refractivity contribution in [3.8, 4) is 0 Å².